The average Bonchev–Trinajstić information content (AvgIpc) is 3.03. The summed E-state index contributed by atoms with van der Waals surface area (Å²) in [7, 11) is -4.46. The minimum Gasteiger partial charge on any atom is -0.477 e. The summed E-state index contributed by atoms with van der Waals surface area (Å²) < 4.78 is 31.3. The van der Waals surface area contributed by atoms with E-state index in [9.17, 15) is 33.2 Å². The van der Waals surface area contributed by atoms with Gasteiger partial charge in [0.25, 0.3) is 21.7 Å². The molecule has 0 radical (unpaired) electrons. The van der Waals surface area contributed by atoms with Crippen LogP contribution in [0.5, 0.6) is 0 Å². The molecule has 2 aromatic carbocycles. The van der Waals surface area contributed by atoms with Crippen molar-refractivity contribution in [2.24, 2.45) is 15.3 Å². The largest absolute Gasteiger partial charge is 0.477 e. The zero-order chi connectivity index (χ0) is 22.9. The molecule has 0 spiro atoms. The highest BCUT2D eigenvalue weighted by atomic mass is 35.5. The molecule has 2 aromatic rings. The second-order valence-corrected chi connectivity index (χ2v) is 7.75. The lowest BCUT2D eigenvalue weighted by molar-refractivity contribution is -0.384. The second kappa shape index (κ2) is 8.17. The fraction of sp³-hybridized carbons (Fsp3) is 0.0625. The normalized spacial score (nSPS) is 16.6. The molecule has 1 aliphatic rings. The number of rotatable bonds is 6. The molecule has 0 saturated heterocycles. The molecule has 1 aliphatic heterocycles. The number of carbonyl (C=O) groups excluding carboxylic acids is 1. The van der Waals surface area contributed by atoms with Crippen LogP contribution in [0.25, 0.3) is 0 Å². The van der Waals surface area contributed by atoms with E-state index in [1.807, 2.05) is 0 Å². The van der Waals surface area contributed by atoms with E-state index in [4.69, 9.17) is 16.2 Å². The smallest absolute Gasteiger partial charge is 0.355 e. The minimum absolute atomic E-state index is 0.0159. The predicted molar refractivity (Wildman–Crippen MR) is 105 cm³/mol. The molecular weight excluding hydrogens is 458 g/mol. The van der Waals surface area contributed by atoms with Crippen molar-refractivity contribution in [3.8, 4) is 0 Å². The van der Waals surface area contributed by atoms with Gasteiger partial charge in [-0.2, -0.15) is 28.8 Å². The second-order valence-electron chi connectivity index (χ2n) is 5.92. The Morgan fingerprint density at radius 1 is 1.23 bits per heavy atom. The first-order chi connectivity index (χ1) is 14.5. The maximum absolute atomic E-state index is 12.7. The van der Waals surface area contributed by atoms with E-state index in [2.05, 4.69) is 15.3 Å². The average molecular weight is 468 g/mol. The van der Waals surface area contributed by atoms with Gasteiger partial charge in [-0.1, -0.05) is 11.6 Å². The monoisotopic (exact) mass is 467 g/mol. The topological polar surface area (TPSA) is 192 Å². The number of hydrogen-bond donors (Lipinski definition) is 2. The summed E-state index contributed by atoms with van der Waals surface area (Å²) in [6, 6.07) is 5.91. The lowest BCUT2D eigenvalue weighted by Crippen LogP contribution is -2.33. The molecule has 13 nitrogen and oxygen atoms in total. The Hall–Kier alpha value is -3.75. The van der Waals surface area contributed by atoms with Gasteiger partial charge in [-0.3, -0.25) is 19.5 Å². The lowest BCUT2D eigenvalue weighted by Gasteiger charge is -2.12. The van der Waals surface area contributed by atoms with Gasteiger partial charge in [0.15, 0.2) is 5.71 Å². The lowest BCUT2D eigenvalue weighted by atomic mass is 10.2. The number of non-ortho nitro benzene ring substituents is 1. The van der Waals surface area contributed by atoms with Gasteiger partial charge in [-0.05, 0) is 30.3 Å². The minimum atomic E-state index is -4.46. The fourth-order valence-corrected chi connectivity index (χ4v) is 3.16. The molecule has 0 fully saturated rings. The Morgan fingerprint density at radius 3 is 2.39 bits per heavy atom. The van der Waals surface area contributed by atoms with Crippen molar-refractivity contribution < 1.29 is 32.6 Å². The number of aliphatic carboxylic acids is 1. The molecule has 15 heteroatoms. The predicted octanol–water partition coefficient (Wildman–Crippen LogP) is 2.43. The Kier molecular flexibility index (Phi) is 5.79. The molecule has 1 unspecified atom stereocenters. The highest BCUT2D eigenvalue weighted by molar-refractivity contribution is 7.85. The van der Waals surface area contributed by atoms with Gasteiger partial charge in [0, 0.05) is 12.1 Å². The number of carbonyl (C=O) groups is 2. The van der Waals surface area contributed by atoms with E-state index in [0.717, 1.165) is 36.4 Å². The van der Waals surface area contributed by atoms with E-state index >= 15 is 0 Å². The summed E-state index contributed by atoms with van der Waals surface area (Å²) in [5.41, 5.74) is -0.984. The molecule has 3 rings (SSSR count). The van der Waals surface area contributed by atoms with Gasteiger partial charge in [0.2, 0.25) is 6.04 Å². The number of carboxylic acid groups (broad SMARTS) is 1. The number of hydrogen-bond acceptors (Lipinski definition) is 9. The number of hydrazone groups is 1. The van der Waals surface area contributed by atoms with Crippen molar-refractivity contribution >= 4 is 56.4 Å². The van der Waals surface area contributed by atoms with Crippen LogP contribution in [0, 0.1) is 10.1 Å². The van der Waals surface area contributed by atoms with E-state index in [0.29, 0.717) is 5.01 Å². The third-order valence-electron chi connectivity index (χ3n) is 3.93. The number of benzene rings is 2. The summed E-state index contributed by atoms with van der Waals surface area (Å²) in [5, 5.41) is 31.7. The van der Waals surface area contributed by atoms with Gasteiger partial charge >= 0.3 is 5.97 Å². The number of nitro groups is 1. The van der Waals surface area contributed by atoms with E-state index in [1.165, 1.54) is 6.07 Å². The summed E-state index contributed by atoms with van der Waals surface area (Å²) in [6.45, 7) is 0. The third kappa shape index (κ3) is 4.55. The first kappa shape index (κ1) is 21.9. The summed E-state index contributed by atoms with van der Waals surface area (Å²) in [6.07, 6.45) is 0. The first-order valence-electron chi connectivity index (χ1n) is 8.07. The Morgan fingerprint density at radius 2 is 1.87 bits per heavy atom. The van der Waals surface area contributed by atoms with E-state index in [-0.39, 0.29) is 22.1 Å². The van der Waals surface area contributed by atoms with Gasteiger partial charge in [-0.15, -0.1) is 0 Å². The number of halogens is 1. The van der Waals surface area contributed by atoms with Gasteiger partial charge in [-0.25, -0.2) is 4.79 Å². The summed E-state index contributed by atoms with van der Waals surface area (Å²) >= 11 is 5.90. The van der Waals surface area contributed by atoms with Crippen LogP contribution in [-0.4, -0.2) is 46.6 Å². The maximum atomic E-state index is 12.7. The van der Waals surface area contributed by atoms with Crippen molar-refractivity contribution in [2.45, 2.75) is 10.9 Å². The van der Waals surface area contributed by atoms with Crippen LogP contribution in [0.3, 0.4) is 0 Å². The van der Waals surface area contributed by atoms with Crippen molar-refractivity contribution in [1.82, 2.24) is 0 Å². The maximum Gasteiger partial charge on any atom is 0.355 e. The van der Waals surface area contributed by atoms with Crippen LogP contribution in [0.4, 0.5) is 17.1 Å². The fourth-order valence-electron chi connectivity index (χ4n) is 2.46. The number of amides is 1. The summed E-state index contributed by atoms with van der Waals surface area (Å²) in [4.78, 5) is 33.8. The van der Waals surface area contributed by atoms with Crippen molar-refractivity contribution in [1.29, 1.82) is 0 Å². The van der Waals surface area contributed by atoms with Gasteiger partial charge in [0.1, 0.15) is 5.69 Å². The molecule has 160 valence electrons. The number of nitrogens with zero attached hydrogens (tertiary/aromatic N) is 5. The number of anilines is 1. The highest BCUT2D eigenvalue weighted by Gasteiger charge is 2.41. The quantitative estimate of drug-likeness (QED) is 0.279. The third-order valence-corrected chi connectivity index (χ3v) is 5.10. The number of carboxylic acids is 1. The first-order valence-corrected chi connectivity index (χ1v) is 9.89. The van der Waals surface area contributed by atoms with Crippen LogP contribution < -0.4 is 5.01 Å². The molecule has 31 heavy (non-hydrogen) atoms. The highest BCUT2D eigenvalue weighted by Crippen LogP contribution is 2.30. The molecule has 2 N–H and O–H groups in total. The Balaban J connectivity index is 1.91. The van der Waals surface area contributed by atoms with Gasteiger partial charge < -0.3 is 5.11 Å². The molecular formula is C16H10ClN5O8S. The van der Waals surface area contributed by atoms with Crippen molar-refractivity contribution in [3.05, 3.63) is 57.6 Å². The molecule has 0 saturated carbocycles. The molecule has 0 aromatic heterocycles. The number of nitro benzene ring substituents is 1. The van der Waals surface area contributed by atoms with Crippen LogP contribution in [0.2, 0.25) is 5.02 Å². The molecule has 0 aliphatic carbocycles. The standard InChI is InChI=1S/C16H10ClN5O8S/c17-11-7-9(22(26)27)3-6-12(11)18-19-13-14(16(24)25)20-21(15(13)23)8-1-4-10(5-2-8)31(28,29)30/h1-7,13H,(H,24,25)(H,28,29,30). The molecule has 0 bridgehead atoms. The SMILES string of the molecule is O=C(O)C1=NN(c2ccc(S(=O)(=O)O)cc2)C(=O)C1N=Nc1ccc([N+](=O)[O-])cc1Cl. The molecule has 1 amide bonds. The Bertz CT molecular complexity index is 1260. The van der Waals surface area contributed by atoms with Crippen molar-refractivity contribution in [3.63, 3.8) is 0 Å². The van der Waals surface area contributed by atoms with Crippen LogP contribution >= 0.6 is 11.6 Å². The van der Waals surface area contributed by atoms with E-state index in [1.54, 1.807) is 0 Å². The van der Waals surface area contributed by atoms with Crippen LogP contribution in [-0.2, 0) is 19.7 Å². The summed E-state index contributed by atoms with van der Waals surface area (Å²) in [5.74, 6) is -2.46. The Labute approximate surface area is 178 Å². The van der Waals surface area contributed by atoms with Crippen LogP contribution in [0.15, 0.2) is 62.7 Å². The van der Waals surface area contributed by atoms with Crippen LogP contribution in [0.1, 0.15) is 0 Å². The number of azo groups is 1. The van der Waals surface area contributed by atoms with E-state index < -0.39 is 43.6 Å². The van der Waals surface area contributed by atoms with Gasteiger partial charge in [0.05, 0.1) is 20.5 Å². The zero-order valence-electron chi connectivity index (χ0n) is 15.0. The van der Waals surface area contributed by atoms with Crippen molar-refractivity contribution in [2.75, 3.05) is 5.01 Å². The molecule has 1 heterocycles. The molecule has 1 atom stereocenters. The zero-order valence-corrected chi connectivity index (χ0v) is 16.6.